The number of alkyl halides is 3. The van der Waals surface area contributed by atoms with E-state index in [0.29, 0.717) is 25.1 Å². The first-order valence-electron chi connectivity index (χ1n) is 10.4. The summed E-state index contributed by atoms with van der Waals surface area (Å²) in [5, 5.41) is 18.3. The molecule has 0 saturated carbocycles. The van der Waals surface area contributed by atoms with Crippen LogP contribution in [0.4, 0.5) is 18.9 Å². The molecule has 6 N–H and O–H groups in total. The zero-order chi connectivity index (χ0) is 24.9. The van der Waals surface area contributed by atoms with E-state index in [-0.39, 0.29) is 35.6 Å². The molecule has 2 atom stereocenters. The van der Waals surface area contributed by atoms with Crippen LogP contribution < -0.4 is 31.2 Å². The van der Waals surface area contributed by atoms with E-state index in [1.807, 2.05) is 6.07 Å². The van der Waals surface area contributed by atoms with Crippen molar-refractivity contribution in [2.24, 2.45) is 0 Å². The van der Waals surface area contributed by atoms with Crippen molar-refractivity contribution in [2.45, 2.75) is 31.3 Å². The summed E-state index contributed by atoms with van der Waals surface area (Å²) in [5.74, 6) is -1.41. The fourth-order valence-corrected chi connectivity index (χ4v) is 3.70. The van der Waals surface area contributed by atoms with E-state index in [1.54, 1.807) is 12.1 Å². The van der Waals surface area contributed by atoms with E-state index < -0.39 is 23.9 Å². The molecule has 0 spiro atoms. The third kappa shape index (κ3) is 6.91. The van der Waals surface area contributed by atoms with Gasteiger partial charge in [-0.1, -0.05) is 6.07 Å². The highest BCUT2D eigenvalue weighted by Gasteiger charge is 2.31. The van der Waals surface area contributed by atoms with Gasteiger partial charge in [0, 0.05) is 24.3 Å². The number of carbonyl (C=O) groups is 2. The number of phenols is 1. The number of anilines is 1. The Kier molecular flexibility index (Phi) is 7.72. The standard InChI is InChI=1S/C22H25F3N4O5/c1-33-19-5-2-12(7-18(19)30)6-13-8-14(10-27-13)29-20(31)11-28-21(32)16-9-15(3-4-17(16)26)34-22(23,24)25/h2-5,7,9,13-14,27,30H,6,8,10-11,26H2,1H3,(H,28,32)(H,29,31). The molecule has 2 unspecified atom stereocenters. The summed E-state index contributed by atoms with van der Waals surface area (Å²) in [4.78, 5) is 24.6. The first kappa shape index (κ1) is 25.0. The summed E-state index contributed by atoms with van der Waals surface area (Å²) in [6.07, 6.45) is -3.64. The minimum absolute atomic E-state index is 0.0507. The molecule has 0 bridgehead atoms. The van der Waals surface area contributed by atoms with Gasteiger partial charge in [0.1, 0.15) is 5.75 Å². The summed E-state index contributed by atoms with van der Waals surface area (Å²) in [6.45, 7) is 0.145. The molecule has 0 radical (unpaired) electrons. The number of nitrogens with one attached hydrogen (secondary N) is 3. The molecule has 0 aromatic heterocycles. The molecular formula is C22H25F3N4O5. The average Bonchev–Trinajstić information content (AvgIpc) is 3.19. The minimum Gasteiger partial charge on any atom is -0.504 e. The van der Waals surface area contributed by atoms with Crippen molar-refractivity contribution in [2.75, 3.05) is 25.9 Å². The lowest BCUT2D eigenvalue weighted by molar-refractivity contribution is -0.274. The van der Waals surface area contributed by atoms with Crippen LogP contribution in [0.2, 0.25) is 0 Å². The topological polar surface area (TPSA) is 135 Å². The van der Waals surface area contributed by atoms with Crippen molar-refractivity contribution in [3.8, 4) is 17.2 Å². The Morgan fingerprint density at radius 2 is 2.00 bits per heavy atom. The van der Waals surface area contributed by atoms with Gasteiger partial charge in [0.05, 0.1) is 19.2 Å². The lowest BCUT2D eigenvalue weighted by atomic mass is 10.0. The van der Waals surface area contributed by atoms with E-state index in [0.717, 1.165) is 23.8 Å². The Morgan fingerprint density at radius 3 is 2.68 bits per heavy atom. The molecule has 34 heavy (non-hydrogen) atoms. The third-order valence-corrected chi connectivity index (χ3v) is 5.22. The van der Waals surface area contributed by atoms with Crippen molar-refractivity contribution in [1.82, 2.24) is 16.0 Å². The van der Waals surface area contributed by atoms with Crippen molar-refractivity contribution in [3.05, 3.63) is 47.5 Å². The first-order chi connectivity index (χ1) is 16.0. The fraction of sp³-hybridized carbons (Fsp3) is 0.364. The number of amides is 2. The van der Waals surface area contributed by atoms with Crippen molar-refractivity contribution in [3.63, 3.8) is 0 Å². The molecule has 1 heterocycles. The number of phenolic OH excluding ortho intramolecular Hbond substituents is 1. The van der Waals surface area contributed by atoms with Gasteiger partial charge in [-0.15, -0.1) is 13.2 Å². The van der Waals surface area contributed by atoms with Crippen LogP contribution >= 0.6 is 0 Å². The lowest BCUT2D eigenvalue weighted by Crippen LogP contribution is -2.42. The number of rotatable bonds is 8. The molecular weight excluding hydrogens is 457 g/mol. The van der Waals surface area contributed by atoms with Crippen LogP contribution in [0.25, 0.3) is 0 Å². The van der Waals surface area contributed by atoms with Gasteiger partial charge >= 0.3 is 6.36 Å². The zero-order valence-corrected chi connectivity index (χ0v) is 18.2. The maximum Gasteiger partial charge on any atom is 0.573 e. The van der Waals surface area contributed by atoms with Gasteiger partial charge in [-0.3, -0.25) is 9.59 Å². The van der Waals surface area contributed by atoms with Crippen LogP contribution in [0.1, 0.15) is 22.3 Å². The molecule has 12 heteroatoms. The Hall–Kier alpha value is -3.67. The van der Waals surface area contributed by atoms with Gasteiger partial charge in [0.2, 0.25) is 5.91 Å². The smallest absolute Gasteiger partial charge is 0.504 e. The van der Waals surface area contributed by atoms with Gasteiger partial charge < -0.3 is 36.3 Å². The normalized spacial score (nSPS) is 17.8. The number of nitrogen functional groups attached to an aromatic ring is 1. The average molecular weight is 482 g/mol. The number of aromatic hydroxyl groups is 1. The zero-order valence-electron chi connectivity index (χ0n) is 18.2. The maximum atomic E-state index is 12.4. The predicted octanol–water partition coefficient (Wildman–Crippen LogP) is 1.70. The first-order valence-corrected chi connectivity index (χ1v) is 10.4. The Bertz CT molecular complexity index is 1050. The summed E-state index contributed by atoms with van der Waals surface area (Å²) < 4.78 is 46.0. The molecule has 2 aromatic rings. The highest BCUT2D eigenvalue weighted by molar-refractivity contribution is 6.01. The number of methoxy groups -OCH3 is 1. The highest BCUT2D eigenvalue weighted by Crippen LogP contribution is 2.28. The highest BCUT2D eigenvalue weighted by atomic mass is 19.4. The molecule has 1 aliphatic heterocycles. The van der Waals surface area contributed by atoms with E-state index >= 15 is 0 Å². The number of nitrogens with two attached hydrogens (primary N) is 1. The van der Waals surface area contributed by atoms with Crippen molar-refractivity contribution >= 4 is 17.5 Å². The van der Waals surface area contributed by atoms with E-state index in [2.05, 4.69) is 20.7 Å². The monoisotopic (exact) mass is 482 g/mol. The lowest BCUT2D eigenvalue weighted by Gasteiger charge is -2.14. The van der Waals surface area contributed by atoms with Gasteiger partial charge in [0.25, 0.3) is 5.91 Å². The SMILES string of the molecule is COc1ccc(CC2CC(NC(=O)CNC(=O)c3cc(OC(F)(F)F)ccc3N)CN2)cc1O. The Morgan fingerprint density at radius 1 is 1.24 bits per heavy atom. The Balaban J connectivity index is 1.47. The second-order valence-corrected chi connectivity index (χ2v) is 7.80. The number of hydrogen-bond donors (Lipinski definition) is 5. The maximum absolute atomic E-state index is 12.4. The molecule has 2 aromatic carbocycles. The summed E-state index contributed by atoms with van der Waals surface area (Å²) in [7, 11) is 1.47. The summed E-state index contributed by atoms with van der Waals surface area (Å²) in [5.41, 5.74) is 6.28. The van der Waals surface area contributed by atoms with Crippen molar-refractivity contribution < 1.29 is 37.3 Å². The number of carbonyl (C=O) groups excluding carboxylic acids is 2. The minimum atomic E-state index is -4.91. The van der Waals surface area contributed by atoms with E-state index in [1.165, 1.54) is 7.11 Å². The second kappa shape index (κ2) is 10.5. The van der Waals surface area contributed by atoms with Crippen LogP contribution in [0.3, 0.4) is 0 Å². The number of hydrogen-bond acceptors (Lipinski definition) is 7. The molecule has 9 nitrogen and oxygen atoms in total. The van der Waals surface area contributed by atoms with Gasteiger partial charge in [0.15, 0.2) is 11.5 Å². The molecule has 184 valence electrons. The van der Waals surface area contributed by atoms with Crippen LogP contribution in [0.15, 0.2) is 36.4 Å². The van der Waals surface area contributed by atoms with E-state index in [4.69, 9.17) is 10.5 Å². The summed E-state index contributed by atoms with van der Waals surface area (Å²) >= 11 is 0. The molecule has 1 saturated heterocycles. The predicted molar refractivity (Wildman–Crippen MR) is 117 cm³/mol. The number of benzene rings is 2. The second-order valence-electron chi connectivity index (χ2n) is 7.80. The largest absolute Gasteiger partial charge is 0.573 e. The number of ether oxygens (including phenoxy) is 2. The van der Waals surface area contributed by atoms with Crippen LogP contribution in [-0.4, -0.2) is 55.6 Å². The quantitative estimate of drug-likeness (QED) is 0.362. The van der Waals surface area contributed by atoms with Gasteiger partial charge in [-0.2, -0.15) is 0 Å². The molecule has 2 amide bonds. The molecule has 1 aliphatic rings. The van der Waals surface area contributed by atoms with Crippen LogP contribution in [-0.2, 0) is 11.2 Å². The molecule has 1 fully saturated rings. The summed E-state index contributed by atoms with van der Waals surface area (Å²) in [6, 6.07) is 8.02. The van der Waals surface area contributed by atoms with E-state index in [9.17, 15) is 27.9 Å². The Labute approximate surface area is 193 Å². The van der Waals surface area contributed by atoms with Crippen molar-refractivity contribution in [1.29, 1.82) is 0 Å². The van der Waals surface area contributed by atoms with Crippen LogP contribution in [0.5, 0.6) is 17.2 Å². The molecule has 3 rings (SSSR count). The number of halogens is 3. The molecule has 0 aliphatic carbocycles. The third-order valence-electron chi connectivity index (χ3n) is 5.22. The van der Waals surface area contributed by atoms with Crippen LogP contribution in [0, 0.1) is 0 Å². The fourth-order valence-electron chi connectivity index (χ4n) is 3.70. The van der Waals surface area contributed by atoms with Gasteiger partial charge in [-0.05, 0) is 48.7 Å². The van der Waals surface area contributed by atoms with Gasteiger partial charge in [-0.25, -0.2) is 0 Å².